The molecule has 0 aliphatic rings. The first-order chi connectivity index (χ1) is 7.34. The third kappa shape index (κ3) is 2.40. The number of hydrogen-bond donors (Lipinski definition) is 3. The van der Waals surface area contributed by atoms with E-state index in [-0.39, 0.29) is 0 Å². The van der Waals surface area contributed by atoms with Crippen LogP contribution in [0.25, 0.3) is 0 Å². The van der Waals surface area contributed by atoms with Gasteiger partial charge in [0.25, 0.3) is 0 Å². The number of carbonyl (C=O) groups excluding carboxylic acids is 1. The summed E-state index contributed by atoms with van der Waals surface area (Å²) < 4.78 is 0. The van der Waals surface area contributed by atoms with Crippen LogP contribution in [-0.4, -0.2) is 22.2 Å². The normalized spacial score (nSPS) is 14.6. The summed E-state index contributed by atoms with van der Waals surface area (Å²) >= 11 is 0. The monoisotopic (exact) mass is 223 g/mol. The first-order valence-corrected chi connectivity index (χ1v) is 5.07. The Morgan fingerprint density at radius 3 is 2.00 bits per heavy atom. The average molecular weight is 223 g/mol. The van der Waals surface area contributed by atoms with Crippen molar-refractivity contribution in [2.45, 2.75) is 33.0 Å². The lowest BCUT2D eigenvalue weighted by Crippen LogP contribution is -2.34. The van der Waals surface area contributed by atoms with E-state index in [1.54, 1.807) is 0 Å². The highest BCUT2D eigenvalue weighted by molar-refractivity contribution is 5.79. The van der Waals surface area contributed by atoms with Crippen molar-refractivity contribution in [1.29, 1.82) is 0 Å². The summed E-state index contributed by atoms with van der Waals surface area (Å²) in [5.41, 5.74) is 8.27. The lowest BCUT2D eigenvalue weighted by molar-refractivity contribution is -0.132. The molecule has 0 bridgehead atoms. The van der Waals surface area contributed by atoms with Gasteiger partial charge in [-0.3, -0.25) is 4.79 Å². The van der Waals surface area contributed by atoms with Crippen LogP contribution in [0.15, 0.2) is 12.1 Å². The van der Waals surface area contributed by atoms with Crippen molar-refractivity contribution in [2.24, 2.45) is 5.73 Å². The highest BCUT2D eigenvalue weighted by atomic mass is 16.3. The van der Waals surface area contributed by atoms with Crippen LogP contribution >= 0.6 is 0 Å². The molecule has 1 aromatic rings. The molecule has 0 heterocycles. The fourth-order valence-corrected chi connectivity index (χ4v) is 1.97. The zero-order valence-electron chi connectivity index (χ0n) is 9.69. The van der Waals surface area contributed by atoms with Gasteiger partial charge < -0.3 is 15.9 Å². The van der Waals surface area contributed by atoms with Crippen LogP contribution < -0.4 is 5.73 Å². The molecule has 4 heteroatoms. The number of carbonyl (C=O) groups is 1. The molecule has 0 spiro atoms. The van der Waals surface area contributed by atoms with Gasteiger partial charge in [0.1, 0.15) is 6.10 Å². The molecule has 0 aromatic heterocycles. The van der Waals surface area contributed by atoms with E-state index >= 15 is 0 Å². The molecule has 0 aliphatic heterocycles. The number of benzene rings is 1. The lowest BCUT2D eigenvalue weighted by atomic mass is 9.93. The topological polar surface area (TPSA) is 83.6 Å². The maximum atomic E-state index is 10.8. The van der Waals surface area contributed by atoms with E-state index in [0.717, 1.165) is 16.7 Å². The SMILES string of the molecule is Cc1cc(C)c(C(O)C(O)C(N)=O)c(C)c1. The van der Waals surface area contributed by atoms with Crippen LogP contribution in [0.3, 0.4) is 0 Å². The fourth-order valence-electron chi connectivity index (χ4n) is 1.97. The van der Waals surface area contributed by atoms with Crippen molar-refractivity contribution >= 4 is 5.91 Å². The largest absolute Gasteiger partial charge is 0.385 e. The van der Waals surface area contributed by atoms with E-state index in [0.29, 0.717) is 5.56 Å². The van der Waals surface area contributed by atoms with Gasteiger partial charge in [0.15, 0.2) is 6.10 Å². The highest BCUT2D eigenvalue weighted by Gasteiger charge is 2.26. The molecule has 2 unspecified atom stereocenters. The lowest BCUT2D eigenvalue weighted by Gasteiger charge is -2.20. The molecular weight excluding hydrogens is 206 g/mol. The Morgan fingerprint density at radius 1 is 1.19 bits per heavy atom. The maximum absolute atomic E-state index is 10.8. The molecular formula is C12H17NO3. The van der Waals surface area contributed by atoms with Gasteiger partial charge in [0, 0.05) is 0 Å². The van der Waals surface area contributed by atoms with Gasteiger partial charge in [-0.25, -0.2) is 0 Å². The van der Waals surface area contributed by atoms with E-state index < -0.39 is 18.1 Å². The number of nitrogens with two attached hydrogens (primary N) is 1. The number of aliphatic hydroxyl groups excluding tert-OH is 2. The maximum Gasteiger partial charge on any atom is 0.249 e. The molecule has 0 saturated carbocycles. The smallest absolute Gasteiger partial charge is 0.249 e. The van der Waals surface area contributed by atoms with Crippen molar-refractivity contribution in [3.8, 4) is 0 Å². The van der Waals surface area contributed by atoms with Crippen molar-refractivity contribution in [2.75, 3.05) is 0 Å². The van der Waals surface area contributed by atoms with Gasteiger partial charge >= 0.3 is 0 Å². The third-order valence-corrected chi connectivity index (χ3v) is 2.62. The summed E-state index contributed by atoms with van der Waals surface area (Å²) in [6.45, 7) is 5.60. The number of rotatable bonds is 3. The quantitative estimate of drug-likeness (QED) is 0.697. The molecule has 4 N–H and O–H groups in total. The Bertz CT molecular complexity index is 392. The van der Waals surface area contributed by atoms with Crippen LogP contribution in [-0.2, 0) is 4.79 Å². The summed E-state index contributed by atoms with van der Waals surface area (Å²) in [5, 5.41) is 19.3. The van der Waals surface area contributed by atoms with Gasteiger partial charge in [-0.15, -0.1) is 0 Å². The van der Waals surface area contributed by atoms with Crippen LogP contribution in [0.1, 0.15) is 28.4 Å². The van der Waals surface area contributed by atoms with Crippen LogP contribution in [0, 0.1) is 20.8 Å². The predicted octanol–water partition coefficient (Wildman–Crippen LogP) is 0.491. The van der Waals surface area contributed by atoms with Crippen LogP contribution in [0.5, 0.6) is 0 Å². The Labute approximate surface area is 94.7 Å². The van der Waals surface area contributed by atoms with Crippen LogP contribution in [0.2, 0.25) is 0 Å². The van der Waals surface area contributed by atoms with Gasteiger partial charge in [0.05, 0.1) is 0 Å². The molecule has 0 aliphatic carbocycles. The van der Waals surface area contributed by atoms with Crippen molar-refractivity contribution in [3.63, 3.8) is 0 Å². The van der Waals surface area contributed by atoms with Crippen LogP contribution in [0.4, 0.5) is 0 Å². The fraction of sp³-hybridized carbons (Fsp3) is 0.417. The Kier molecular flexibility index (Phi) is 3.67. The molecule has 1 amide bonds. The number of amides is 1. The summed E-state index contributed by atoms with van der Waals surface area (Å²) in [6.07, 6.45) is -2.83. The third-order valence-electron chi connectivity index (χ3n) is 2.62. The molecule has 16 heavy (non-hydrogen) atoms. The highest BCUT2D eigenvalue weighted by Crippen LogP contribution is 2.25. The van der Waals surface area contributed by atoms with Crippen molar-refractivity contribution in [3.05, 3.63) is 34.4 Å². The van der Waals surface area contributed by atoms with Crippen molar-refractivity contribution in [1.82, 2.24) is 0 Å². The van der Waals surface area contributed by atoms with Gasteiger partial charge in [-0.05, 0) is 37.5 Å². The standard InChI is InChI=1S/C12H17NO3/c1-6-4-7(2)9(8(3)5-6)10(14)11(15)12(13)16/h4-5,10-11,14-15H,1-3H3,(H2,13,16). The number of aliphatic hydroxyl groups is 2. The second kappa shape index (κ2) is 4.63. The zero-order valence-corrected chi connectivity index (χ0v) is 9.69. The summed E-state index contributed by atoms with van der Waals surface area (Å²) in [7, 11) is 0. The number of hydrogen-bond acceptors (Lipinski definition) is 3. The van der Waals surface area contributed by atoms with Gasteiger partial charge in [-0.1, -0.05) is 17.7 Å². The molecule has 88 valence electrons. The molecule has 0 saturated heterocycles. The zero-order chi connectivity index (χ0) is 12.5. The van der Waals surface area contributed by atoms with Gasteiger partial charge in [0.2, 0.25) is 5.91 Å². The van der Waals surface area contributed by atoms with Crippen molar-refractivity contribution < 1.29 is 15.0 Å². The Balaban J connectivity index is 3.18. The first-order valence-electron chi connectivity index (χ1n) is 5.07. The second-order valence-electron chi connectivity index (χ2n) is 4.10. The Morgan fingerprint density at radius 2 is 1.62 bits per heavy atom. The number of primary amides is 1. The second-order valence-corrected chi connectivity index (χ2v) is 4.10. The predicted molar refractivity (Wildman–Crippen MR) is 60.8 cm³/mol. The van der Waals surface area contributed by atoms with E-state index in [4.69, 9.17) is 5.73 Å². The summed E-state index contributed by atoms with van der Waals surface area (Å²) in [5.74, 6) is -0.924. The van der Waals surface area contributed by atoms with E-state index in [9.17, 15) is 15.0 Å². The molecule has 4 nitrogen and oxygen atoms in total. The minimum Gasteiger partial charge on any atom is -0.385 e. The van der Waals surface area contributed by atoms with Gasteiger partial charge in [-0.2, -0.15) is 0 Å². The Hall–Kier alpha value is -1.39. The first kappa shape index (κ1) is 12.7. The molecule has 1 aromatic carbocycles. The minimum atomic E-state index is -1.57. The van der Waals surface area contributed by atoms with E-state index in [1.165, 1.54) is 0 Å². The summed E-state index contributed by atoms with van der Waals surface area (Å²) in [6, 6.07) is 3.78. The molecule has 0 radical (unpaired) electrons. The molecule has 1 rings (SSSR count). The average Bonchev–Trinajstić information content (AvgIpc) is 2.14. The minimum absolute atomic E-state index is 0.567. The summed E-state index contributed by atoms with van der Waals surface area (Å²) in [4.78, 5) is 10.8. The molecule has 2 atom stereocenters. The van der Waals surface area contributed by atoms with E-state index in [2.05, 4.69) is 0 Å². The number of aryl methyl sites for hydroxylation is 3. The molecule has 0 fully saturated rings. The van der Waals surface area contributed by atoms with E-state index in [1.807, 2.05) is 32.9 Å².